The lowest BCUT2D eigenvalue weighted by molar-refractivity contribution is 1.55. The van der Waals surface area contributed by atoms with E-state index in [1.54, 1.807) is 0 Å². The molecule has 3 rings (SSSR count). The summed E-state index contributed by atoms with van der Waals surface area (Å²) < 4.78 is 2.21. The van der Waals surface area contributed by atoms with E-state index < -0.39 is 0 Å². The molecule has 0 spiro atoms. The van der Waals surface area contributed by atoms with Crippen molar-refractivity contribution >= 4 is 31.9 Å². The lowest BCUT2D eigenvalue weighted by Gasteiger charge is -2.11. The highest BCUT2D eigenvalue weighted by atomic mass is 79.9. The van der Waals surface area contributed by atoms with Crippen molar-refractivity contribution in [1.82, 2.24) is 0 Å². The molecule has 0 unspecified atom stereocenters. The maximum Gasteiger partial charge on any atom is 0.0253 e. The monoisotopic (exact) mass is 386 g/mol. The van der Waals surface area contributed by atoms with E-state index in [1.807, 2.05) is 6.07 Å². The van der Waals surface area contributed by atoms with Gasteiger partial charge in [-0.3, -0.25) is 0 Å². The maximum absolute atomic E-state index is 3.64. The van der Waals surface area contributed by atoms with Gasteiger partial charge in [0.25, 0.3) is 0 Å². The molecule has 98 valence electrons. The van der Waals surface area contributed by atoms with E-state index in [9.17, 15) is 0 Å². The Morgan fingerprint density at radius 3 is 1.70 bits per heavy atom. The van der Waals surface area contributed by atoms with Crippen molar-refractivity contribution < 1.29 is 0 Å². The molecule has 2 heteroatoms. The summed E-state index contributed by atoms with van der Waals surface area (Å²) in [6.07, 6.45) is 0. The first-order chi connectivity index (χ1) is 9.75. The molecular weight excluding hydrogens is 376 g/mol. The van der Waals surface area contributed by atoms with Crippen LogP contribution < -0.4 is 0 Å². The van der Waals surface area contributed by atoms with Crippen LogP contribution in [0.5, 0.6) is 0 Å². The zero-order valence-corrected chi connectivity index (χ0v) is 13.9. The molecular formula is C18H12Br2. The molecule has 0 atom stereocenters. The van der Waals surface area contributed by atoms with Crippen LogP contribution in [-0.2, 0) is 0 Å². The molecule has 0 nitrogen and oxygen atoms in total. The van der Waals surface area contributed by atoms with E-state index in [-0.39, 0.29) is 0 Å². The second kappa shape index (κ2) is 5.94. The molecule has 0 saturated carbocycles. The fourth-order valence-electron chi connectivity index (χ4n) is 2.28. The lowest BCUT2D eigenvalue weighted by Crippen LogP contribution is -1.85. The summed E-state index contributed by atoms with van der Waals surface area (Å²) in [5.74, 6) is 0. The third kappa shape index (κ3) is 2.72. The van der Waals surface area contributed by atoms with Crippen molar-refractivity contribution in [2.24, 2.45) is 0 Å². The lowest BCUT2D eigenvalue weighted by atomic mass is 9.95. The molecule has 3 aromatic rings. The average Bonchev–Trinajstić information content (AvgIpc) is 2.49. The van der Waals surface area contributed by atoms with E-state index in [0.717, 1.165) is 8.95 Å². The quantitative estimate of drug-likeness (QED) is 0.467. The van der Waals surface area contributed by atoms with Crippen LogP contribution in [0, 0.1) is 0 Å². The van der Waals surface area contributed by atoms with Gasteiger partial charge in [-0.15, -0.1) is 0 Å². The fraction of sp³-hybridized carbons (Fsp3) is 0. The fourth-order valence-corrected chi connectivity index (χ4v) is 3.04. The van der Waals surface area contributed by atoms with E-state index in [1.165, 1.54) is 22.3 Å². The second-order valence-electron chi connectivity index (χ2n) is 4.53. The zero-order chi connectivity index (χ0) is 13.9. The summed E-state index contributed by atoms with van der Waals surface area (Å²) in [4.78, 5) is 0. The molecule has 0 heterocycles. The van der Waals surface area contributed by atoms with Crippen molar-refractivity contribution in [3.8, 4) is 22.3 Å². The van der Waals surface area contributed by atoms with Crippen LogP contribution in [0.25, 0.3) is 22.3 Å². The Morgan fingerprint density at radius 2 is 1.05 bits per heavy atom. The third-order valence-electron chi connectivity index (χ3n) is 3.25. The predicted molar refractivity (Wildman–Crippen MR) is 92.7 cm³/mol. The summed E-state index contributed by atoms with van der Waals surface area (Å²) >= 11 is 7.13. The Hall–Kier alpha value is -1.38. The molecule has 0 fully saturated rings. The Bertz CT molecular complexity index is 730. The molecule has 3 aromatic carbocycles. The van der Waals surface area contributed by atoms with Gasteiger partial charge in [-0.2, -0.15) is 0 Å². The number of benzene rings is 3. The van der Waals surface area contributed by atoms with Gasteiger partial charge < -0.3 is 0 Å². The van der Waals surface area contributed by atoms with Crippen LogP contribution in [0.2, 0.25) is 0 Å². The van der Waals surface area contributed by atoms with Crippen molar-refractivity contribution in [2.45, 2.75) is 0 Å². The van der Waals surface area contributed by atoms with Crippen LogP contribution >= 0.6 is 31.9 Å². The van der Waals surface area contributed by atoms with Gasteiger partial charge in [0.15, 0.2) is 0 Å². The van der Waals surface area contributed by atoms with Gasteiger partial charge >= 0.3 is 0 Å². The molecule has 0 radical (unpaired) electrons. The molecule has 20 heavy (non-hydrogen) atoms. The molecule has 0 aromatic heterocycles. The van der Waals surface area contributed by atoms with E-state index in [0.29, 0.717) is 0 Å². The molecule has 0 bridgehead atoms. The average molecular weight is 388 g/mol. The summed E-state index contributed by atoms with van der Waals surface area (Å²) in [5.41, 5.74) is 4.92. The summed E-state index contributed by atoms with van der Waals surface area (Å²) in [6, 6.07) is 25.2. The number of rotatable bonds is 2. The summed E-state index contributed by atoms with van der Waals surface area (Å²) in [5, 5.41) is 0. The Labute approximate surface area is 135 Å². The minimum absolute atomic E-state index is 1.10. The molecule has 0 amide bonds. The molecule has 0 aliphatic rings. The third-order valence-corrected chi connectivity index (χ3v) is 4.47. The van der Waals surface area contributed by atoms with Crippen LogP contribution in [0.15, 0.2) is 81.7 Å². The number of hydrogen-bond donors (Lipinski definition) is 0. The van der Waals surface area contributed by atoms with E-state index in [4.69, 9.17) is 0 Å². The first kappa shape index (κ1) is 13.6. The highest BCUT2D eigenvalue weighted by Gasteiger charge is 2.09. The normalized spacial score (nSPS) is 10.5. The van der Waals surface area contributed by atoms with Gasteiger partial charge in [-0.1, -0.05) is 86.5 Å². The summed E-state index contributed by atoms with van der Waals surface area (Å²) in [7, 11) is 0. The zero-order valence-electron chi connectivity index (χ0n) is 10.7. The van der Waals surface area contributed by atoms with Crippen molar-refractivity contribution in [3.05, 3.63) is 81.7 Å². The standard InChI is InChI=1S/C18H12Br2/c19-14-11-9-13(10-12-14)15-5-1-2-6-16(15)17-7-3-4-8-18(17)20/h1-12H. The number of hydrogen-bond acceptors (Lipinski definition) is 0. The highest BCUT2D eigenvalue weighted by Crippen LogP contribution is 2.36. The van der Waals surface area contributed by atoms with Crippen molar-refractivity contribution in [2.75, 3.05) is 0 Å². The smallest absolute Gasteiger partial charge is 0.0253 e. The first-order valence-electron chi connectivity index (χ1n) is 6.35. The van der Waals surface area contributed by atoms with Gasteiger partial charge in [0, 0.05) is 8.95 Å². The predicted octanol–water partition coefficient (Wildman–Crippen LogP) is 6.55. The van der Waals surface area contributed by atoms with Crippen LogP contribution in [0.4, 0.5) is 0 Å². The van der Waals surface area contributed by atoms with Gasteiger partial charge in [0.2, 0.25) is 0 Å². The van der Waals surface area contributed by atoms with Crippen LogP contribution in [-0.4, -0.2) is 0 Å². The molecule has 0 aliphatic carbocycles. The molecule has 0 saturated heterocycles. The van der Waals surface area contributed by atoms with Gasteiger partial charge in [-0.25, -0.2) is 0 Å². The minimum atomic E-state index is 1.10. The largest absolute Gasteiger partial charge is 0.0616 e. The van der Waals surface area contributed by atoms with Crippen molar-refractivity contribution in [1.29, 1.82) is 0 Å². The molecule has 0 aliphatic heterocycles. The SMILES string of the molecule is Brc1ccc(-c2ccccc2-c2ccccc2Br)cc1. The van der Waals surface area contributed by atoms with E-state index in [2.05, 4.69) is 98.6 Å². The van der Waals surface area contributed by atoms with Gasteiger partial charge in [0.05, 0.1) is 0 Å². The Balaban J connectivity index is 2.19. The summed E-state index contributed by atoms with van der Waals surface area (Å²) in [6.45, 7) is 0. The van der Waals surface area contributed by atoms with E-state index >= 15 is 0 Å². The topological polar surface area (TPSA) is 0 Å². The Kier molecular flexibility index (Phi) is 4.04. The number of halogens is 2. The highest BCUT2D eigenvalue weighted by molar-refractivity contribution is 9.10. The maximum atomic E-state index is 3.64. The second-order valence-corrected chi connectivity index (χ2v) is 6.30. The van der Waals surface area contributed by atoms with Gasteiger partial charge in [-0.05, 0) is 40.5 Å². The van der Waals surface area contributed by atoms with Crippen LogP contribution in [0.1, 0.15) is 0 Å². The first-order valence-corrected chi connectivity index (χ1v) is 7.94. The minimum Gasteiger partial charge on any atom is -0.0616 e. The van der Waals surface area contributed by atoms with Gasteiger partial charge in [0.1, 0.15) is 0 Å². The van der Waals surface area contributed by atoms with Crippen LogP contribution in [0.3, 0.4) is 0 Å². The van der Waals surface area contributed by atoms with Crippen molar-refractivity contribution in [3.63, 3.8) is 0 Å². The Morgan fingerprint density at radius 1 is 0.500 bits per heavy atom. The molecule has 0 N–H and O–H groups in total.